The molecule has 0 saturated carbocycles. The second kappa shape index (κ2) is 13.6. The number of benzene rings is 9. The summed E-state index contributed by atoms with van der Waals surface area (Å²) in [4.78, 5) is 0. The molecule has 1 unspecified atom stereocenters. The second-order valence-corrected chi connectivity index (χ2v) is 15.9. The minimum absolute atomic E-state index is 0.321. The maximum Gasteiger partial charge on any atom is 0.147 e. The molecule has 0 bridgehead atoms. The van der Waals surface area contributed by atoms with Crippen LogP contribution in [0.15, 0.2) is 209 Å². The summed E-state index contributed by atoms with van der Waals surface area (Å²) in [6.07, 6.45) is 2.08. The number of rotatable bonds is 7. The lowest BCUT2D eigenvalue weighted by atomic mass is 9.89. The molecule has 1 aliphatic carbocycles. The van der Waals surface area contributed by atoms with Crippen LogP contribution < -0.4 is 0 Å². The van der Waals surface area contributed by atoms with E-state index in [-0.39, 0.29) is 0 Å². The fourth-order valence-electron chi connectivity index (χ4n) is 9.72. The molecule has 0 N–H and O–H groups in total. The van der Waals surface area contributed by atoms with Crippen LogP contribution in [0.5, 0.6) is 0 Å². The van der Waals surface area contributed by atoms with E-state index in [1.165, 1.54) is 38.9 Å². The highest BCUT2D eigenvalue weighted by Gasteiger charge is 2.30. The van der Waals surface area contributed by atoms with Gasteiger partial charge in [0.2, 0.25) is 0 Å². The van der Waals surface area contributed by atoms with Gasteiger partial charge in [0.05, 0.1) is 5.56 Å². The largest absolute Gasteiger partial charge is 0.455 e. The molecule has 9 aromatic carbocycles. The van der Waals surface area contributed by atoms with E-state index in [9.17, 15) is 0 Å². The first-order valence-electron chi connectivity index (χ1n) is 20.6. The Balaban J connectivity index is 1.05. The Hall–Kier alpha value is -7.42. The quantitative estimate of drug-likeness (QED) is 0.162. The summed E-state index contributed by atoms with van der Waals surface area (Å²) in [5.41, 5.74) is 19.2. The van der Waals surface area contributed by atoms with Gasteiger partial charge in [-0.05, 0) is 86.7 Å². The molecule has 0 saturated heterocycles. The molecular formula is C57H38O2. The van der Waals surface area contributed by atoms with Gasteiger partial charge < -0.3 is 8.83 Å². The monoisotopic (exact) mass is 754 g/mol. The maximum atomic E-state index is 7.16. The zero-order valence-electron chi connectivity index (χ0n) is 32.4. The van der Waals surface area contributed by atoms with Gasteiger partial charge in [-0.3, -0.25) is 0 Å². The number of aryl methyl sites for hydroxylation is 1. The summed E-state index contributed by atoms with van der Waals surface area (Å²) in [5.74, 6) is 0.321. The van der Waals surface area contributed by atoms with Gasteiger partial charge in [-0.25, -0.2) is 0 Å². The van der Waals surface area contributed by atoms with Crippen LogP contribution in [-0.2, 0) is 6.42 Å². The van der Waals surface area contributed by atoms with Gasteiger partial charge in [0.1, 0.15) is 22.3 Å². The molecule has 2 heteroatoms. The molecule has 2 heterocycles. The standard InChI is InChI=1S/C57H38O2/c1-5-15-36(16-6-1)27-30-44-45-31-28-40(37-17-7-2-8-18-37)33-49(45)50-34-41(29-32-46(44)50)43-24-14-26-48-52-35-51-47-25-13-23-42(38-19-9-3-10-20-38)54(47)58-56(51)53(57(52)59-55(43)48)39-21-11-4-12-22-39/h1-26,28-29,31-35,44H,27,30H2. The minimum Gasteiger partial charge on any atom is -0.455 e. The molecule has 59 heavy (non-hydrogen) atoms. The van der Waals surface area contributed by atoms with E-state index in [1.807, 2.05) is 0 Å². The lowest BCUT2D eigenvalue weighted by Crippen LogP contribution is -1.99. The van der Waals surface area contributed by atoms with Gasteiger partial charge in [0.25, 0.3) is 0 Å². The van der Waals surface area contributed by atoms with Crippen LogP contribution in [-0.4, -0.2) is 0 Å². The summed E-state index contributed by atoms with van der Waals surface area (Å²) in [7, 11) is 0. The maximum absolute atomic E-state index is 7.16. The number of hydrogen-bond acceptors (Lipinski definition) is 2. The Morgan fingerprint density at radius 1 is 0.322 bits per heavy atom. The highest BCUT2D eigenvalue weighted by Crippen LogP contribution is 2.51. The van der Waals surface area contributed by atoms with Crippen LogP contribution in [0.4, 0.5) is 0 Å². The molecule has 12 rings (SSSR count). The highest BCUT2D eigenvalue weighted by atomic mass is 16.3. The number of fused-ring (bicyclic) bond motifs is 9. The van der Waals surface area contributed by atoms with Crippen molar-refractivity contribution in [1.82, 2.24) is 0 Å². The van der Waals surface area contributed by atoms with Gasteiger partial charge in [-0.2, -0.15) is 0 Å². The third-order valence-corrected chi connectivity index (χ3v) is 12.5. The first-order chi connectivity index (χ1) is 29.3. The van der Waals surface area contributed by atoms with Crippen LogP contribution in [0.1, 0.15) is 29.0 Å². The first-order valence-corrected chi connectivity index (χ1v) is 20.6. The van der Waals surface area contributed by atoms with E-state index in [0.717, 1.165) is 90.1 Å². The molecule has 0 spiro atoms. The molecule has 0 fully saturated rings. The van der Waals surface area contributed by atoms with Crippen molar-refractivity contribution in [2.75, 3.05) is 0 Å². The van der Waals surface area contributed by atoms with Gasteiger partial charge in [-0.15, -0.1) is 0 Å². The van der Waals surface area contributed by atoms with Crippen LogP contribution in [0.3, 0.4) is 0 Å². The average Bonchev–Trinajstić information content (AvgIpc) is 3.97. The summed E-state index contributed by atoms with van der Waals surface area (Å²) >= 11 is 0. The van der Waals surface area contributed by atoms with E-state index >= 15 is 0 Å². The molecule has 0 radical (unpaired) electrons. The SMILES string of the molecule is c1ccc(CCC2c3ccc(-c4ccccc4)cc3-c3cc(-c4cccc5c4oc4c(-c6ccccc6)c6oc7c(-c8ccccc8)cccc7c6cc45)ccc32)cc1. The summed E-state index contributed by atoms with van der Waals surface area (Å²) in [6.45, 7) is 0. The van der Waals surface area contributed by atoms with Crippen molar-refractivity contribution >= 4 is 43.9 Å². The number of furan rings is 2. The lowest BCUT2D eigenvalue weighted by Gasteiger charge is -2.14. The van der Waals surface area contributed by atoms with Crippen molar-refractivity contribution in [2.45, 2.75) is 18.8 Å². The fraction of sp³-hybridized carbons (Fsp3) is 0.0526. The zero-order valence-corrected chi connectivity index (χ0v) is 32.4. The average molecular weight is 755 g/mol. The molecule has 11 aromatic rings. The summed E-state index contributed by atoms with van der Waals surface area (Å²) in [6, 6.07) is 72.2. The van der Waals surface area contributed by atoms with Gasteiger partial charge in [0.15, 0.2) is 0 Å². The van der Waals surface area contributed by atoms with Crippen molar-refractivity contribution in [3.05, 3.63) is 217 Å². The van der Waals surface area contributed by atoms with Gasteiger partial charge in [-0.1, -0.05) is 182 Å². The highest BCUT2D eigenvalue weighted by molar-refractivity contribution is 6.24. The molecule has 2 nitrogen and oxygen atoms in total. The predicted octanol–water partition coefficient (Wildman–Crippen LogP) is 15.9. The molecule has 2 aromatic heterocycles. The van der Waals surface area contributed by atoms with Crippen molar-refractivity contribution in [2.24, 2.45) is 0 Å². The Morgan fingerprint density at radius 2 is 0.814 bits per heavy atom. The van der Waals surface area contributed by atoms with Crippen LogP contribution in [0.2, 0.25) is 0 Å². The van der Waals surface area contributed by atoms with Crippen LogP contribution in [0, 0.1) is 0 Å². The predicted molar refractivity (Wildman–Crippen MR) is 245 cm³/mol. The van der Waals surface area contributed by atoms with E-state index in [4.69, 9.17) is 8.83 Å². The molecule has 0 aliphatic heterocycles. The molecule has 278 valence electrons. The van der Waals surface area contributed by atoms with E-state index in [1.54, 1.807) is 0 Å². The first kappa shape index (κ1) is 33.7. The second-order valence-electron chi connectivity index (χ2n) is 15.9. The van der Waals surface area contributed by atoms with E-state index in [0.29, 0.717) is 5.92 Å². The van der Waals surface area contributed by atoms with Crippen molar-refractivity contribution < 1.29 is 8.83 Å². The van der Waals surface area contributed by atoms with Crippen molar-refractivity contribution in [1.29, 1.82) is 0 Å². The third-order valence-electron chi connectivity index (χ3n) is 12.5. The van der Waals surface area contributed by atoms with E-state index < -0.39 is 0 Å². The topological polar surface area (TPSA) is 26.3 Å². The van der Waals surface area contributed by atoms with Crippen molar-refractivity contribution in [3.63, 3.8) is 0 Å². The summed E-state index contributed by atoms with van der Waals surface area (Å²) in [5, 5.41) is 4.36. The normalized spacial score (nSPS) is 13.4. The Bertz CT molecular complexity index is 3360. The number of hydrogen-bond donors (Lipinski definition) is 0. The Kier molecular flexibility index (Phi) is 7.77. The van der Waals surface area contributed by atoms with Gasteiger partial charge >= 0.3 is 0 Å². The Morgan fingerprint density at radius 3 is 1.41 bits per heavy atom. The van der Waals surface area contributed by atoms with Gasteiger partial charge in [0, 0.05) is 38.6 Å². The van der Waals surface area contributed by atoms with Crippen molar-refractivity contribution in [3.8, 4) is 55.6 Å². The van der Waals surface area contributed by atoms with E-state index in [2.05, 4.69) is 200 Å². The molecular weight excluding hydrogens is 717 g/mol. The number of para-hydroxylation sites is 2. The third kappa shape index (κ3) is 5.48. The minimum atomic E-state index is 0.321. The Labute approximate surface area is 342 Å². The van der Waals surface area contributed by atoms with Crippen LogP contribution >= 0.6 is 0 Å². The summed E-state index contributed by atoms with van der Waals surface area (Å²) < 4.78 is 14.1. The van der Waals surface area contributed by atoms with Crippen LogP contribution in [0.25, 0.3) is 99.5 Å². The molecule has 0 amide bonds. The molecule has 1 atom stereocenters. The fourth-order valence-corrected chi connectivity index (χ4v) is 9.72. The lowest BCUT2D eigenvalue weighted by molar-refractivity contribution is 0.659. The zero-order chi connectivity index (χ0) is 38.9. The molecule has 1 aliphatic rings. The smallest absolute Gasteiger partial charge is 0.147 e.